The van der Waals surface area contributed by atoms with E-state index in [1.165, 1.54) is 12.8 Å². The van der Waals surface area contributed by atoms with Crippen molar-refractivity contribution in [3.63, 3.8) is 0 Å². The van der Waals surface area contributed by atoms with Gasteiger partial charge in [0.05, 0.1) is 17.7 Å². The van der Waals surface area contributed by atoms with Crippen molar-refractivity contribution in [1.82, 2.24) is 0 Å². The van der Waals surface area contributed by atoms with Crippen LogP contribution in [0.15, 0.2) is 16.6 Å². The Kier molecular flexibility index (Phi) is 4.41. The van der Waals surface area contributed by atoms with Crippen molar-refractivity contribution in [3.05, 3.63) is 22.2 Å². The molecule has 1 saturated carbocycles. The van der Waals surface area contributed by atoms with Crippen LogP contribution in [0.3, 0.4) is 0 Å². The van der Waals surface area contributed by atoms with Gasteiger partial charge in [-0.2, -0.15) is 0 Å². The van der Waals surface area contributed by atoms with E-state index in [-0.39, 0.29) is 0 Å². The second-order valence-corrected chi connectivity index (χ2v) is 6.59. The van der Waals surface area contributed by atoms with Crippen LogP contribution in [0.2, 0.25) is 0 Å². The van der Waals surface area contributed by atoms with E-state index < -0.39 is 5.54 Å². The number of methoxy groups -OCH3 is 1. The monoisotopic (exact) mass is 327 g/mol. The van der Waals surface area contributed by atoms with Gasteiger partial charge in [-0.15, -0.1) is 0 Å². The highest BCUT2D eigenvalue weighted by Crippen LogP contribution is 2.40. The molecule has 0 unspecified atom stereocenters. The van der Waals surface area contributed by atoms with Gasteiger partial charge in [0, 0.05) is 5.54 Å². The van der Waals surface area contributed by atoms with Gasteiger partial charge in [-0.05, 0) is 73.2 Å². The number of rotatable bonds is 4. The number of hydrogen-bond acceptors (Lipinski definition) is 3. The maximum absolute atomic E-state index is 6.15. The van der Waals surface area contributed by atoms with Gasteiger partial charge in [0.1, 0.15) is 0 Å². The normalized spacial score (nSPS) is 16.7. The summed E-state index contributed by atoms with van der Waals surface area (Å²) in [6, 6.07) is 3.99. The molecule has 0 bridgehead atoms. The summed E-state index contributed by atoms with van der Waals surface area (Å²) in [4.78, 5) is 0. The largest absolute Gasteiger partial charge is 0.493 e. The quantitative estimate of drug-likeness (QED) is 0.909. The molecule has 0 saturated heterocycles. The zero-order valence-electron chi connectivity index (χ0n) is 11.8. The van der Waals surface area contributed by atoms with Gasteiger partial charge in [-0.1, -0.05) is 0 Å². The van der Waals surface area contributed by atoms with E-state index in [0.717, 1.165) is 34.4 Å². The molecular weight excluding hydrogens is 306 g/mol. The molecule has 2 rings (SSSR count). The molecule has 0 aromatic heterocycles. The van der Waals surface area contributed by atoms with E-state index in [1.807, 2.05) is 26.0 Å². The van der Waals surface area contributed by atoms with E-state index >= 15 is 0 Å². The fourth-order valence-corrected chi connectivity index (χ4v) is 2.91. The molecule has 1 aliphatic carbocycles. The molecule has 0 spiro atoms. The highest BCUT2D eigenvalue weighted by molar-refractivity contribution is 9.10. The van der Waals surface area contributed by atoms with E-state index in [0.29, 0.717) is 6.10 Å². The highest BCUT2D eigenvalue weighted by Gasteiger charge is 2.23. The van der Waals surface area contributed by atoms with Crippen LogP contribution in [0.5, 0.6) is 11.5 Å². The molecule has 1 aliphatic rings. The molecule has 1 aromatic rings. The summed E-state index contributed by atoms with van der Waals surface area (Å²) in [6.45, 7) is 3.96. The lowest BCUT2D eigenvalue weighted by Crippen LogP contribution is -2.28. The average Bonchev–Trinajstić information content (AvgIpc) is 2.83. The van der Waals surface area contributed by atoms with Gasteiger partial charge < -0.3 is 15.2 Å². The Bertz CT molecular complexity index is 448. The van der Waals surface area contributed by atoms with Crippen LogP contribution in [0.25, 0.3) is 0 Å². The smallest absolute Gasteiger partial charge is 0.175 e. The first-order valence-electron chi connectivity index (χ1n) is 6.75. The van der Waals surface area contributed by atoms with Crippen molar-refractivity contribution in [1.29, 1.82) is 0 Å². The van der Waals surface area contributed by atoms with Crippen molar-refractivity contribution >= 4 is 15.9 Å². The summed E-state index contributed by atoms with van der Waals surface area (Å²) >= 11 is 3.58. The van der Waals surface area contributed by atoms with E-state index in [9.17, 15) is 0 Å². The first-order valence-corrected chi connectivity index (χ1v) is 7.54. The molecule has 0 radical (unpaired) electrons. The minimum absolute atomic E-state index is 0.307. The molecule has 19 heavy (non-hydrogen) atoms. The van der Waals surface area contributed by atoms with Crippen LogP contribution in [0.1, 0.15) is 45.1 Å². The van der Waals surface area contributed by atoms with Crippen molar-refractivity contribution in [2.75, 3.05) is 7.11 Å². The Morgan fingerprint density at radius 1 is 1.26 bits per heavy atom. The van der Waals surface area contributed by atoms with Gasteiger partial charge in [0.25, 0.3) is 0 Å². The summed E-state index contributed by atoms with van der Waals surface area (Å²) in [5.41, 5.74) is 6.77. The first-order chi connectivity index (χ1) is 8.91. The summed E-state index contributed by atoms with van der Waals surface area (Å²) in [5, 5.41) is 0. The molecule has 3 nitrogen and oxygen atoms in total. The lowest BCUT2D eigenvalue weighted by Gasteiger charge is -2.23. The Hall–Kier alpha value is -0.740. The number of halogens is 1. The average molecular weight is 328 g/mol. The highest BCUT2D eigenvalue weighted by atomic mass is 79.9. The van der Waals surface area contributed by atoms with Gasteiger partial charge >= 0.3 is 0 Å². The number of hydrogen-bond donors (Lipinski definition) is 1. The molecule has 1 fully saturated rings. The molecule has 0 atom stereocenters. The minimum atomic E-state index is -0.401. The summed E-state index contributed by atoms with van der Waals surface area (Å²) in [7, 11) is 1.66. The standard InChI is InChI=1S/C15H22BrNO2/c1-15(2,17)10-8-12(16)14(13(9-10)18-3)19-11-6-4-5-7-11/h8-9,11H,4-7,17H2,1-3H3. The van der Waals surface area contributed by atoms with Crippen LogP contribution in [0, 0.1) is 0 Å². The predicted molar refractivity (Wildman–Crippen MR) is 80.8 cm³/mol. The zero-order chi connectivity index (χ0) is 14.0. The summed E-state index contributed by atoms with van der Waals surface area (Å²) < 4.78 is 12.5. The summed E-state index contributed by atoms with van der Waals surface area (Å²) in [5.74, 6) is 1.54. The molecule has 0 heterocycles. The predicted octanol–water partition coefficient (Wildman–Crippen LogP) is 3.97. The van der Waals surface area contributed by atoms with Crippen LogP contribution in [-0.2, 0) is 5.54 Å². The fraction of sp³-hybridized carbons (Fsp3) is 0.600. The second-order valence-electron chi connectivity index (χ2n) is 5.74. The maximum atomic E-state index is 6.15. The van der Waals surface area contributed by atoms with Crippen molar-refractivity contribution in [2.24, 2.45) is 5.73 Å². The van der Waals surface area contributed by atoms with Gasteiger partial charge in [-0.3, -0.25) is 0 Å². The molecule has 2 N–H and O–H groups in total. The third-order valence-electron chi connectivity index (χ3n) is 3.56. The van der Waals surface area contributed by atoms with Crippen LogP contribution >= 0.6 is 15.9 Å². The Balaban J connectivity index is 2.32. The first kappa shape index (κ1) is 14.7. The van der Waals surface area contributed by atoms with Crippen LogP contribution in [0.4, 0.5) is 0 Å². The number of benzene rings is 1. The third-order valence-corrected chi connectivity index (χ3v) is 4.15. The van der Waals surface area contributed by atoms with Crippen LogP contribution in [-0.4, -0.2) is 13.2 Å². The SMILES string of the molecule is COc1cc(C(C)(C)N)cc(Br)c1OC1CCCC1. The van der Waals surface area contributed by atoms with Crippen LogP contribution < -0.4 is 15.2 Å². The van der Waals surface area contributed by atoms with E-state index in [1.54, 1.807) is 7.11 Å². The summed E-state index contributed by atoms with van der Waals surface area (Å²) in [6.07, 6.45) is 5.05. The van der Waals surface area contributed by atoms with Gasteiger partial charge in [0.2, 0.25) is 0 Å². The molecule has 4 heteroatoms. The molecule has 0 amide bonds. The lowest BCUT2D eigenvalue weighted by molar-refractivity contribution is 0.199. The zero-order valence-corrected chi connectivity index (χ0v) is 13.4. The Morgan fingerprint density at radius 2 is 1.89 bits per heavy atom. The van der Waals surface area contributed by atoms with E-state index in [2.05, 4.69) is 15.9 Å². The lowest BCUT2D eigenvalue weighted by atomic mass is 9.95. The Labute approximate surface area is 123 Å². The third kappa shape index (κ3) is 3.42. The molecule has 106 valence electrons. The molecular formula is C15H22BrNO2. The minimum Gasteiger partial charge on any atom is -0.493 e. The molecule has 0 aliphatic heterocycles. The fourth-order valence-electron chi connectivity index (χ4n) is 2.38. The maximum Gasteiger partial charge on any atom is 0.175 e. The van der Waals surface area contributed by atoms with Crippen molar-refractivity contribution in [3.8, 4) is 11.5 Å². The van der Waals surface area contributed by atoms with E-state index in [4.69, 9.17) is 15.2 Å². The molecule has 1 aromatic carbocycles. The number of ether oxygens (including phenoxy) is 2. The second kappa shape index (κ2) is 5.71. The van der Waals surface area contributed by atoms with Crippen molar-refractivity contribution in [2.45, 2.75) is 51.2 Å². The van der Waals surface area contributed by atoms with Crippen molar-refractivity contribution < 1.29 is 9.47 Å². The van der Waals surface area contributed by atoms with Gasteiger partial charge in [-0.25, -0.2) is 0 Å². The topological polar surface area (TPSA) is 44.5 Å². The number of nitrogens with two attached hydrogens (primary N) is 1. The van der Waals surface area contributed by atoms with Gasteiger partial charge in [0.15, 0.2) is 11.5 Å². The Morgan fingerprint density at radius 3 is 2.42 bits per heavy atom.